The van der Waals surface area contributed by atoms with E-state index in [0.29, 0.717) is 17.0 Å². The van der Waals surface area contributed by atoms with Gasteiger partial charge in [-0.3, -0.25) is 4.79 Å². The molecule has 0 spiro atoms. The van der Waals surface area contributed by atoms with E-state index in [1.54, 1.807) is 13.0 Å². The van der Waals surface area contributed by atoms with Crippen LogP contribution in [0.1, 0.15) is 30.5 Å². The van der Waals surface area contributed by atoms with Crippen LogP contribution in [0, 0.1) is 12.8 Å². The third-order valence-corrected chi connectivity index (χ3v) is 4.83. The number of ether oxygens (including phenoxy) is 1. The van der Waals surface area contributed by atoms with Gasteiger partial charge in [-0.15, -0.1) is 0 Å². The maximum atomic E-state index is 13.2. The monoisotopic (exact) mass is 406 g/mol. The van der Waals surface area contributed by atoms with Gasteiger partial charge in [0.05, 0.1) is 11.3 Å². The molecule has 1 saturated heterocycles. The molecule has 0 saturated carbocycles. The topological polar surface area (TPSA) is 58.6 Å². The van der Waals surface area contributed by atoms with Crippen molar-refractivity contribution in [1.82, 2.24) is 5.32 Å². The van der Waals surface area contributed by atoms with Crippen LogP contribution in [0.4, 0.5) is 23.7 Å². The van der Waals surface area contributed by atoms with E-state index in [2.05, 4.69) is 5.32 Å². The van der Waals surface area contributed by atoms with Gasteiger partial charge < -0.3 is 10.1 Å². The number of rotatable bonds is 5. The Kier molecular flexibility index (Phi) is 5.55. The fourth-order valence-electron chi connectivity index (χ4n) is 3.20. The molecule has 1 N–H and O–H groups in total. The molecule has 154 valence electrons. The molecule has 0 bridgehead atoms. The van der Waals surface area contributed by atoms with Crippen LogP contribution in [-0.4, -0.2) is 18.0 Å². The predicted molar refractivity (Wildman–Crippen MR) is 102 cm³/mol. The molecule has 0 aromatic heterocycles. The summed E-state index contributed by atoms with van der Waals surface area (Å²) in [4.78, 5) is 25.6. The average molecular weight is 406 g/mol. The van der Waals surface area contributed by atoms with Gasteiger partial charge in [-0.25, -0.2) is 9.69 Å². The second kappa shape index (κ2) is 7.77. The van der Waals surface area contributed by atoms with Gasteiger partial charge in [-0.2, -0.15) is 13.2 Å². The van der Waals surface area contributed by atoms with E-state index in [1.807, 2.05) is 13.8 Å². The number of nitrogens with zero attached hydrogens (tertiary/aromatic N) is 1. The number of imide groups is 1. The molecule has 2 aromatic rings. The van der Waals surface area contributed by atoms with Crippen molar-refractivity contribution in [2.45, 2.75) is 39.6 Å². The molecule has 0 aliphatic carbocycles. The summed E-state index contributed by atoms with van der Waals surface area (Å²) in [5.74, 6) is -0.0537. The predicted octanol–water partition coefficient (Wildman–Crippen LogP) is 4.67. The lowest BCUT2D eigenvalue weighted by Gasteiger charge is -2.17. The van der Waals surface area contributed by atoms with E-state index in [0.717, 1.165) is 11.0 Å². The number of halogens is 3. The molecule has 0 radical (unpaired) electrons. The maximum absolute atomic E-state index is 13.2. The summed E-state index contributed by atoms with van der Waals surface area (Å²) in [6.07, 6.45) is -4.47. The van der Waals surface area contributed by atoms with Crippen molar-refractivity contribution >= 4 is 17.6 Å². The molecule has 2 aromatic carbocycles. The zero-order valence-corrected chi connectivity index (χ0v) is 16.2. The van der Waals surface area contributed by atoms with Crippen LogP contribution in [-0.2, 0) is 17.6 Å². The van der Waals surface area contributed by atoms with Gasteiger partial charge in [-0.05, 0) is 48.7 Å². The molecule has 1 unspecified atom stereocenters. The molecule has 1 heterocycles. The number of hydrogen-bond donors (Lipinski definition) is 1. The Hall–Kier alpha value is -3.03. The number of aryl methyl sites for hydroxylation is 1. The Balaban J connectivity index is 1.75. The molecule has 1 aliphatic heterocycles. The van der Waals surface area contributed by atoms with Crippen LogP contribution in [0.25, 0.3) is 0 Å². The average Bonchev–Trinajstić information content (AvgIpc) is 2.95. The van der Waals surface area contributed by atoms with E-state index in [1.165, 1.54) is 30.3 Å². The number of amides is 3. The van der Waals surface area contributed by atoms with Gasteiger partial charge in [-0.1, -0.05) is 26.0 Å². The van der Waals surface area contributed by atoms with E-state index in [9.17, 15) is 22.8 Å². The van der Waals surface area contributed by atoms with Crippen molar-refractivity contribution in [2.24, 2.45) is 5.92 Å². The van der Waals surface area contributed by atoms with Gasteiger partial charge >= 0.3 is 12.2 Å². The number of hydrogen-bond acceptors (Lipinski definition) is 3. The third-order valence-electron chi connectivity index (χ3n) is 4.83. The molecule has 1 aliphatic rings. The van der Waals surface area contributed by atoms with Gasteiger partial charge in [0.1, 0.15) is 18.4 Å². The largest absolute Gasteiger partial charge is 0.489 e. The standard InChI is InChI=1S/C21H21F3N2O3/c1-12(2)18-19(27)26(20(28)25-18)14-7-9-15(10-8-14)29-11-16-13(3)5-4-6-17(16)21(22,23)24/h4-10,12,18H,11H2,1-3H3,(H,25,28). The Morgan fingerprint density at radius 3 is 2.31 bits per heavy atom. The summed E-state index contributed by atoms with van der Waals surface area (Å²) >= 11 is 0. The van der Waals surface area contributed by atoms with Crippen LogP contribution in [0.5, 0.6) is 5.75 Å². The zero-order valence-electron chi connectivity index (χ0n) is 16.2. The summed E-state index contributed by atoms with van der Waals surface area (Å²) in [7, 11) is 0. The fourth-order valence-corrected chi connectivity index (χ4v) is 3.20. The first kappa shape index (κ1) is 20.7. The summed E-state index contributed by atoms with van der Waals surface area (Å²) in [5.41, 5.74) is 0.191. The van der Waals surface area contributed by atoms with Crippen LogP contribution in [0.3, 0.4) is 0 Å². The minimum absolute atomic E-state index is 0.0454. The van der Waals surface area contributed by atoms with Crippen LogP contribution >= 0.6 is 0 Å². The van der Waals surface area contributed by atoms with E-state index in [-0.39, 0.29) is 24.0 Å². The second-order valence-corrected chi connectivity index (χ2v) is 7.23. The van der Waals surface area contributed by atoms with E-state index in [4.69, 9.17) is 4.74 Å². The number of benzene rings is 2. The highest BCUT2D eigenvalue weighted by Crippen LogP contribution is 2.34. The Morgan fingerprint density at radius 1 is 1.10 bits per heavy atom. The Bertz CT molecular complexity index is 924. The SMILES string of the molecule is Cc1cccc(C(F)(F)F)c1COc1ccc(N2C(=O)NC(C(C)C)C2=O)cc1. The summed E-state index contributed by atoms with van der Waals surface area (Å²) in [5, 5.41) is 2.64. The number of anilines is 1. The summed E-state index contributed by atoms with van der Waals surface area (Å²) < 4.78 is 45.2. The van der Waals surface area contributed by atoms with Gasteiger partial charge in [0, 0.05) is 5.56 Å². The third kappa shape index (κ3) is 4.21. The number of alkyl halides is 3. The lowest BCUT2D eigenvalue weighted by molar-refractivity contribution is -0.138. The highest BCUT2D eigenvalue weighted by Gasteiger charge is 2.40. The van der Waals surface area contributed by atoms with Gasteiger partial charge in [0.15, 0.2) is 0 Å². The first-order chi connectivity index (χ1) is 13.6. The van der Waals surface area contributed by atoms with Crippen LogP contribution in [0.2, 0.25) is 0 Å². The molecule has 1 atom stereocenters. The minimum atomic E-state index is -4.47. The van der Waals surface area contributed by atoms with Crippen molar-refractivity contribution in [3.8, 4) is 5.75 Å². The molecule has 3 rings (SSSR count). The number of carbonyl (C=O) groups excluding carboxylic acids is 2. The molecule has 1 fully saturated rings. The smallest absolute Gasteiger partial charge is 0.416 e. The normalized spacial score (nSPS) is 17.1. The van der Waals surface area contributed by atoms with Gasteiger partial charge in [0.25, 0.3) is 5.91 Å². The van der Waals surface area contributed by atoms with Crippen LogP contribution < -0.4 is 15.0 Å². The highest BCUT2D eigenvalue weighted by molar-refractivity contribution is 6.21. The molecule has 29 heavy (non-hydrogen) atoms. The molecular weight excluding hydrogens is 385 g/mol. The first-order valence-electron chi connectivity index (χ1n) is 9.12. The zero-order chi connectivity index (χ0) is 21.3. The summed E-state index contributed by atoms with van der Waals surface area (Å²) in [6.45, 7) is 5.02. The Labute approximate surface area is 166 Å². The van der Waals surface area contributed by atoms with Crippen molar-refractivity contribution in [3.05, 3.63) is 59.2 Å². The molecule has 8 heteroatoms. The molecule has 5 nitrogen and oxygen atoms in total. The quantitative estimate of drug-likeness (QED) is 0.734. The highest BCUT2D eigenvalue weighted by atomic mass is 19.4. The summed E-state index contributed by atoms with van der Waals surface area (Å²) in [6, 6.07) is 8.98. The van der Waals surface area contributed by atoms with Gasteiger partial charge in [0.2, 0.25) is 0 Å². The number of carbonyl (C=O) groups is 2. The van der Waals surface area contributed by atoms with E-state index < -0.39 is 23.8 Å². The second-order valence-electron chi connectivity index (χ2n) is 7.23. The maximum Gasteiger partial charge on any atom is 0.416 e. The van der Waals surface area contributed by atoms with Crippen LogP contribution in [0.15, 0.2) is 42.5 Å². The van der Waals surface area contributed by atoms with Crippen molar-refractivity contribution in [2.75, 3.05) is 4.90 Å². The number of urea groups is 1. The van der Waals surface area contributed by atoms with Crippen molar-refractivity contribution in [1.29, 1.82) is 0 Å². The first-order valence-corrected chi connectivity index (χ1v) is 9.12. The lowest BCUT2D eigenvalue weighted by atomic mass is 10.0. The molecule has 3 amide bonds. The number of nitrogens with one attached hydrogen (secondary N) is 1. The minimum Gasteiger partial charge on any atom is -0.489 e. The van der Waals surface area contributed by atoms with E-state index >= 15 is 0 Å². The lowest BCUT2D eigenvalue weighted by Crippen LogP contribution is -2.34. The van der Waals surface area contributed by atoms with Crippen molar-refractivity contribution < 1.29 is 27.5 Å². The Morgan fingerprint density at radius 2 is 1.76 bits per heavy atom. The molecular formula is C21H21F3N2O3. The fraction of sp³-hybridized carbons (Fsp3) is 0.333. The van der Waals surface area contributed by atoms with Crippen molar-refractivity contribution in [3.63, 3.8) is 0 Å².